The Morgan fingerprint density at radius 2 is 0.611 bits per heavy atom. The summed E-state index contributed by atoms with van der Waals surface area (Å²) in [5.41, 5.74) is 2.54. The van der Waals surface area contributed by atoms with E-state index in [1.54, 1.807) is 36.4 Å². The zero-order valence-electron chi connectivity index (χ0n) is 41.4. The highest BCUT2D eigenvalue weighted by molar-refractivity contribution is 7.29. The molecule has 2 aromatic heterocycles. The first kappa shape index (κ1) is 49.1. The SMILES string of the molecule is CCCCCCN1C(=O)c2ccc3c4c(c(-c5nc6sc(-c7cc8c9c(ccc%10c9c7C(=O)N(CCCCCC)C%10=O)C(=O)N(CCCCCC)C8=O)nc6s5)cc(c24)C1=O)C(=O)N(CCCCCC)C3=O. The number of hydrogen-bond acceptors (Lipinski definition) is 12. The molecule has 0 bridgehead atoms. The Hall–Kier alpha value is -6.52. The van der Waals surface area contributed by atoms with E-state index in [0.717, 1.165) is 77.0 Å². The molecule has 0 radical (unpaired) electrons. The summed E-state index contributed by atoms with van der Waals surface area (Å²) in [7, 11) is 0. The minimum absolute atomic E-state index is 0.197. The molecule has 0 saturated heterocycles. The molecule has 16 heteroatoms. The third kappa shape index (κ3) is 8.05. The molecule has 0 spiro atoms. The van der Waals surface area contributed by atoms with Gasteiger partial charge in [0.15, 0.2) is 9.66 Å². The van der Waals surface area contributed by atoms with Crippen LogP contribution in [0, 0.1) is 0 Å². The smallest absolute Gasteiger partial charge is 0.262 e. The van der Waals surface area contributed by atoms with Crippen LogP contribution >= 0.6 is 22.7 Å². The zero-order chi connectivity index (χ0) is 50.5. The lowest BCUT2D eigenvalue weighted by Crippen LogP contribution is -2.44. The van der Waals surface area contributed by atoms with Gasteiger partial charge in [-0.15, -0.1) is 0 Å². The van der Waals surface area contributed by atoms with Crippen LogP contribution in [0.2, 0.25) is 0 Å². The number of benzene rings is 4. The third-order valence-electron chi connectivity index (χ3n) is 14.7. The molecule has 0 N–H and O–H groups in total. The maximum absolute atomic E-state index is 14.8. The van der Waals surface area contributed by atoms with Crippen molar-refractivity contribution in [3.8, 4) is 21.1 Å². The van der Waals surface area contributed by atoms with Gasteiger partial charge in [-0.2, -0.15) is 0 Å². The van der Waals surface area contributed by atoms with Gasteiger partial charge >= 0.3 is 0 Å². The van der Waals surface area contributed by atoms with Gasteiger partial charge in [0, 0.05) is 92.2 Å². The van der Waals surface area contributed by atoms with Crippen molar-refractivity contribution < 1.29 is 38.4 Å². The Bertz CT molecular complexity index is 3070. The van der Waals surface area contributed by atoms with Crippen LogP contribution in [0.5, 0.6) is 0 Å². The number of rotatable bonds is 22. The summed E-state index contributed by atoms with van der Waals surface area (Å²) in [4.78, 5) is 132. The predicted molar refractivity (Wildman–Crippen MR) is 279 cm³/mol. The third-order valence-corrected chi connectivity index (χ3v) is 16.8. The van der Waals surface area contributed by atoms with Gasteiger partial charge in [-0.25, -0.2) is 9.97 Å². The van der Waals surface area contributed by atoms with Crippen LogP contribution < -0.4 is 0 Å². The molecule has 372 valence electrons. The highest BCUT2D eigenvalue weighted by atomic mass is 32.1. The van der Waals surface area contributed by atoms with Crippen molar-refractivity contribution in [1.29, 1.82) is 0 Å². The standard InChI is InChI=1S/C56H58N6O8S2/c1-5-9-13-17-25-59-49(63)31-21-23-33-41-39(31)37(53(59)67)29-35(43(41)55(69)61(51(33)65)27-19-15-11-7-3)45-57-47-48(71-45)58-46(72-47)36-30-38-40-32(50(64)60(54(38)68)26-18-14-10-6-2)22-24-34-42(40)44(36)56(70)62(52(34)66)28-20-16-12-8-4/h21-24,29-30H,5-20,25-28H2,1-4H3. The van der Waals surface area contributed by atoms with E-state index < -0.39 is 47.3 Å². The summed E-state index contributed by atoms with van der Waals surface area (Å²) in [5, 5.41) is 1.89. The largest absolute Gasteiger partial charge is 0.274 e. The molecule has 8 amide bonds. The number of unbranched alkanes of at least 4 members (excludes halogenated alkanes) is 12. The van der Waals surface area contributed by atoms with Gasteiger partial charge < -0.3 is 0 Å². The summed E-state index contributed by atoms with van der Waals surface area (Å²) in [6.07, 6.45) is 13.6. The second-order valence-electron chi connectivity index (χ2n) is 19.5. The number of nitrogens with zero attached hydrogens (tertiary/aromatic N) is 6. The number of amides is 8. The second-order valence-corrected chi connectivity index (χ2v) is 21.4. The predicted octanol–water partition coefficient (Wildman–Crippen LogP) is 12.1. The van der Waals surface area contributed by atoms with E-state index in [1.165, 1.54) is 42.3 Å². The van der Waals surface area contributed by atoms with Gasteiger partial charge in [-0.1, -0.05) is 127 Å². The van der Waals surface area contributed by atoms with Gasteiger partial charge in [0.05, 0.1) is 11.1 Å². The quantitative estimate of drug-likeness (QED) is 0.0470. The summed E-state index contributed by atoms with van der Waals surface area (Å²) >= 11 is 2.37. The number of carbonyl (C=O) groups is 8. The summed E-state index contributed by atoms with van der Waals surface area (Å²) in [5.74, 6) is -3.89. The van der Waals surface area contributed by atoms with Gasteiger partial charge in [0.25, 0.3) is 47.3 Å². The molecule has 0 aliphatic carbocycles. The van der Waals surface area contributed by atoms with E-state index in [1.807, 2.05) is 0 Å². The number of aromatic nitrogens is 2. The van der Waals surface area contributed by atoms with Crippen LogP contribution in [0.4, 0.5) is 0 Å². The van der Waals surface area contributed by atoms with E-state index in [4.69, 9.17) is 9.97 Å². The molecule has 14 nitrogen and oxygen atoms in total. The van der Waals surface area contributed by atoms with Crippen molar-refractivity contribution in [3.63, 3.8) is 0 Å². The summed E-state index contributed by atoms with van der Waals surface area (Å²) in [6.45, 7) is 9.22. The van der Waals surface area contributed by atoms with Crippen LogP contribution in [0.15, 0.2) is 36.4 Å². The average Bonchev–Trinajstić information content (AvgIpc) is 3.97. The van der Waals surface area contributed by atoms with Crippen molar-refractivity contribution in [3.05, 3.63) is 80.9 Å². The molecule has 10 rings (SSSR count). The Morgan fingerprint density at radius 3 is 0.917 bits per heavy atom. The van der Waals surface area contributed by atoms with E-state index in [9.17, 15) is 38.4 Å². The van der Waals surface area contributed by atoms with Crippen molar-refractivity contribution >= 4 is 101 Å². The molecule has 4 aliphatic rings. The molecule has 6 aromatic rings. The minimum atomic E-state index is -0.522. The molecule has 6 heterocycles. The van der Waals surface area contributed by atoms with Gasteiger partial charge in [0.2, 0.25) is 0 Å². The molecular weight excluding hydrogens is 949 g/mol. The van der Waals surface area contributed by atoms with Crippen molar-refractivity contribution in [2.75, 3.05) is 26.2 Å². The fraction of sp³-hybridized carbons (Fsp3) is 0.429. The first-order chi connectivity index (χ1) is 34.9. The first-order valence-electron chi connectivity index (χ1n) is 26.0. The topological polar surface area (TPSA) is 175 Å². The summed E-state index contributed by atoms with van der Waals surface area (Å²) < 4.78 is 0. The monoisotopic (exact) mass is 1010 g/mol. The van der Waals surface area contributed by atoms with E-state index in [-0.39, 0.29) is 81.5 Å². The second kappa shape index (κ2) is 20.2. The van der Waals surface area contributed by atoms with Crippen molar-refractivity contribution in [2.24, 2.45) is 0 Å². The van der Waals surface area contributed by atoms with Gasteiger partial charge in [-0.3, -0.25) is 58.0 Å². The molecule has 4 aromatic carbocycles. The maximum atomic E-state index is 14.8. The minimum Gasteiger partial charge on any atom is -0.274 e. The molecule has 0 fully saturated rings. The Morgan fingerprint density at radius 1 is 0.333 bits per heavy atom. The highest BCUT2D eigenvalue weighted by Crippen LogP contribution is 2.48. The van der Waals surface area contributed by atoms with Crippen LogP contribution in [-0.4, -0.2) is 103 Å². The summed E-state index contributed by atoms with van der Waals surface area (Å²) in [6, 6.07) is 9.71. The normalized spacial score (nSPS) is 15.3. The molecule has 0 unspecified atom stereocenters. The lowest BCUT2D eigenvalue weighted by molar-refractivity contribution is 0.0586. The fourth-order valence-electron chi connectivity index (χ4n) is 10.9. The van der Waals surface area contributed by atoms with E-state index in [2.05, 4.69) is 27.7 Å². The Labute approximate surface area is 425 Å². The number of thiazole rings is 2. The van der Waals surface area contributed by atoms with Crippen molar-refractivity contribution in [1.82, 2.24) is 29.6 Å². The van der Waals surface area contributed by atoms with Crippen LogP contribution in [0.1, 0.15) is 213 Å². The lowest BCUT2D eigenvalue weighted by atomic mass is 9.83. The highest BCUT2D eigenvalue weighted by Gasteiger charge is 2.44. The van der Waals surface area contributed by atoms with E-state index in [0.29, 0.717) is 67.3 Å². The molecule has 72 heavy (non-hydrogen) atoms. The van der Waals surface area contributed by atoms with Gasteiger partial charge in [0.1, 0.15) is 10.0 Å². The van der Waals surface area contributed by atoms with Crippen LogP contribution in [-0.2, 0) is 0 Å². The maximum Gasteiger partial charge on any atom is 0.262 e. The van der Waals surface area contributed by atoms with Crippen LogP contribution in [0.3, 0.4) is 0 Å². The van der Waals surface area contributed by atoms with E-state index >= 15 is 0 Å². The van der Waals surface area contributed by atoms with Crippen molar-refractivity contribution in [2.45, 2.75) is 130 Å². The number of carbonyl (C=O) groups excluding carboxylic acids is 8. The number of imide groups is 4. The Kier molecular flexibility index (Phi) is 13.8. The first-order valence-corrected chi connectivity index (χ1v) is 27.6. The Balaban J connectivity index is 1.12. The number of fused-ring (bicyclic) bond motifs is 1. The van der Waals surface area contributed by atoms with Gasteiger partial charge in [-0.05, 0) is 62.1 Å². The molecule has 0 saturated carbocycles. The number of hydrogen-bond donors (Lipinski definition) is 0. The van der Waals surface area contributed by atoms with Crippen LogP contribution in [0.25, 0.3) is 52.3 Å². The molecular formula is C56H58N6O8S2. The lowest BCUT2D eigenvalue weighted by Gasteiger charge is -2.33. The average molecular weight is 1010 g/mol. The zero-order valence-corrected chi connectivity index (χ0v) is 43.0. The molecule has 4 aliphatic heterocycles. The molecule has 0 atom stereocenters. The fourth-order valence-corrected chi connectivity index (χ4v) is 13.0.